The van der Waals surface area contributed by atoms with E-state index in [0.29, 0.717) is 17.7 Å². The maximum absolute atomic E-state index is 13.0. The van der Waals surface area contributed by atoms with Gasteiger partial charge in [0.25, 0.3) is 11.8 Å². The minimum atomic E-state index is -0.117. The van der Waals surface area contributed by atoms with Crippen LogP contribution in [0.1, 0.15) is 57.5 Å². The van der Waals surface area contributed by atoms with Gasteiger partial charge >= 0.3 is 0 Å². The van der Waals surface area contributed by atoms with Gasteiger partial charge in [-0.25, -0.2) is 0 Å². The summed E-state index contributed by atoms with van der Waals surface area (Å²) >= 11 is 0. The number of nitrogens with one attached hydrogen (secondary N) is 1. The molecule has 28 heavy (non-hydrogen) atoms. The van der Waals surface area contributed by atoms with Crippen LogP contribution < -0.4 is 10.2 Å². The highest BCUT2D eigenvalue weighted by atomic mass is 16.2. The van der Waals surface area contributed by atoms with E-state index in [2.05, 4.69) is 16.3 Å². The SMILES string of the molecule is Cc1cccc(CNC(=O)c2ccc3c(c2)N(C)[C@@H]2CCCCCN2C3=O)c1. The Bertz CT molecular complexity index is 908. The number of fused-ring (bicyclic) bond motifs is 2. The van der Waals surface area contributed by atoms with Crippen molar-refractivity contribution >= 4 is 17.5 Å². The van der Waals surface area contributed by atoms with Crippen LogP contribution in [0.3, 0.4) is 0 Å². The molecule has 5 nitrogen and oxygen atoms in total. The minimum absolute atomic E-state index is 0.0896. The maximum atomic E-state index is 13.0. The normalized spacial score (nSPS) is 18.9. The first kappa shape index (κ1) is 18.5. The number of carbonyl (C=O) groups excluding carboxylic acids is 2. The Morgan fingerprint density at radius 3 is 2.82 bits per heavy atom. The molecule has 2 heterocycles. The van der Waals surface area contributed by atoms with E-state index in [1.807, 2.05) is 43.1 Å². The number of benzene rings is 2. The third-order valence-electron chi connectivity index (χ3n) is 5.83. The van der Waals surface area contributed by atoms with Crippen LogP contribution in [0.4, 0.5) is 5.69 Å². The molecule has 1 saturated heterocycles. The summed E-state index contributed by atoms with van der Waals surface area (Å²) in [6.45, 7) is 3.34. The first-order valence-electron chi connectivity index (χ1n) is 10.1. The molecule has 146 valence electrons. The van der Waals surface area contributed by atoms with Crippen molar-refractivity contribution in [3.8, 4) is 0 Å². The highest BCUT2D eigenvalue weighted by Gasteiger charge is 2.36. The Balaban J connectivity index is 1.55. The van der Waals surface area contributed by atoms with Crippen molar-refractivity contribution in [1.82, 2.24) is 10.2 Å². The summed E-state index contributed by atoms with van der Waals surface area (Å²) in [4.78, 5) is 29.8. The Morgan fingerprint density at radius 2 is 2.00 bits per heavy atom. The molecule has 2 aliphatic heterocycles. The topological polar surface area (TPSA) is 52.7 Å². The molecule has 1 atom stereocenters. The molecule has 0 aromatic heterocycles. The first-order chi connectivity index (χ1) is 13.5. The molecule has 4 rings (SSSR count). The number of hydrogen-bond acceptors (Lipinski definition) is 3. The molecule has 2 aromatic carbocycles. The number of aryl methyl sites for hydroxylation is 1. The summed E-state index contributed by atoms with van der Waals surface area (Å²) < 4.78 is 0. The van der Waals surface area contributed by atoms with Crippen LogP contribution in [-0.2, 0) is 6.54 Å². The average Bonchev–Trinajstić information content (AvgIpc) is 2.96. The summed E-state index contributed by atoms with van der Waals surface area (Å²) in [5.74, 6) is -0.0276. The van der Waals surface area contributed by atoms with E-state index in [-0.39, 0.29) is 18.0 Å². The van der Waals surface area contributed by atoms with Crippen molar-refractivity contribution < 1.29 is 9.59 Å². The Hall–Kier alpha value is -2.82. The lowest BCUT2D eigenvalue weighted by Gasteiger charge is -2.43. The Labute approximate surface area is 166 Å². The molecular formula is C23H27N3O2. The lowest BCUT2D eigenvalue weighted by molar-refractivity contribution is 0.0661. The fourth-order valence-electron chi connectivity index (χ4n) is 4.30. The van der Waals surface area contributed by atoms with Gasteiger partial charge in [0, 0.05) is 25.7 Å². The molecule has 2 aliphatic rings. The number of hydrogen-bond donors (Lipinski definition) is 1. The van der Waals surface area contributed by atoms with E-state index in [1.54, 1.807) is 12.1 Å². The van der Waals surface area contributed by atoms with Gasteiger partial charge in [0.1, 0.15) is 6.17 Å². The number of rotatable bonds is 3. The number of amides is 2. The van der Waals surface area contributed by atoms with E-state index in [4.69, 9.17) is 0 Å². The molecule has 1 fully saturated rings. The molecule has 2 amide bonds. The highest BCUT2D eigenvalue weighted by Crippen LogP contribution is 2.34. The maximum Gasteiger partial charge on any atom is 0.257 e. The molecule has 1 N–H and O–H groups in total. The lowest BCUT2D eigenvalue weighted by atomic mass is 10.0. The van der Waals surface area contributed by atoms with E-state index in [0.717, 1.165) is 43.5 Å². The number of nitrogens with zero attached hydrogens (tertiary/aromatic N) is 2. The van der Waals surface area contributed by atoms with Crippen molar-refractivity contribution in [2.24, 2.45) is 0 Å². The van der Waals surface area contributed by atoms with Crippen LogP contribution in [0, 0.1) is 6.92 Å². The molecule has 5 heteroatoms. The smallest absolute Gasteiger partial charge is 0.257 e. The minimum Gasteiger partial charge on any atom is -0.354 e. The van der Waals surface area contributed by atoms with Crippen molar-refractivity contribution in [2.45, 2.75) is 45.3 Å². The third kappa shape index (κ3) is 3.49. The van der Waals surface area contributed by atoms with E-state index >= 15 is 0 Å². The zero-order valence-corrected chi connectivity index (χ0v) is 16.6. The molecule has 0 unspecified atom stereocenters. The van der Waals surface area contributed by atoms with Crippen LogP contribution in [0.5, 0.6) is 0 Å². The average molecular weight is 377 g/mol. The quantitative estimate of drug-likeness (QED) is 0.887. The predicted octanol–water partition coefficient (Wildman–Crippen LogP) is 3.72. The zero-order chi connectivity index (χ0) is 19.7. The van der Waals surface area contributed by atoms with Crippen LogP contribution in [0.15, 0.2) is 42.5 Å². The van der Waals surface area contributed by atoms with E-state index in [1.165, 1.54) is 5.56 Å². The van der Waals surface area contributed by atoms with Crippen LogP contribution in [0.2, 0.25) is 0 Å². The third-order valence-corrected chi connectivity index (χ3v) is 5.83. The summed E-state index contributed by atoms with van der Waals surface area (Å²) in [5.41, 5.74) is 4.39. The van der Waals surface area contributed by atoms with Crippen molar-refractivity contribution in [3.63, 3.8) is 0 Å². The largest absolute Gasteiger partial charge is 0.354 e. The van der Waals surface area contributed by atoms with Crippen LogP contribution in [-0.4, -0.2) is 36.5 Å². The summed E-state index contributed by atoms with van der Waals surface area (Å²) in [7, 11) is 2.03. The van der Waals surface area contributed by atoms with Gasteiger partial charge in [-0.1, -0.05) is 36.2 Å². The van der Waals surface area contributed by atoms with Crippen molar-refractivity contribution in [2.75, 3.05) is 18.5 Å². The summed E-state index contributed by atoms with van der Waals surface area (Å²) in [6, 6.07) is 13.5. The molecule has 0 bridgehead atoms. The van der Waals surface area contributed by atoms with E-state index < -0.39 is 0 Å². The number of carbonyl (C=O) groups is 2. The Kier molecular flexibility index (Phi) is 5.07. The van der Waals surface area contributed by atoms with E-state index in [9.17, 15) is 9.59 Å². The highest BCUT2D eigenvalue weighted by molar-refractivity contribution is 6.04. The second-order valence-corrected chi connectivity index (χ2v) is 7.84. The van der Waals surface area contributed by atoms with Gasteiger partial charge in [-0.05, 0) is 49.9 Å². The van der Waals surface area contributed by atoms with Gasteiger partial charge in [-0.2, -0.15) is 0 Å². The summed E-state index contributed by atoms with van der Waals surface area (Å²) in [6.07, 6.45) is 4.42. The van der Waals surface area contributed by atoms with Gasteiger partial charge < -0.3 is 15.1 Å². The predicted molar refractivity (Wildman–Crippen MR) is 110 cm³/mol. The molecule has 0 spiro atoms. The molecule has 0 radical (unpaired) electrons. The van der Waals surface area contributed by atoms with Gasteiger partial charge in [-0.3, -0.25) is 9.59 Å². The molecule has 0 saturated carbocycles. The molecule has 2 aromatic rings. The fourth-order valence-corrected chi connectivity index (χ4v) is 4.30. The lowest BCUT2D eigenvalue weighted by Crippen LogP contribution is -2.53. The van der Waals surface area contributed by atoms with Gasteiger partial charge in [0.05, 0.1) is 11.3 Å². The van der Waals surface area contributed by atoms with Gasteiger partial charge in [0.15, 0.2) is 0 Å². The monoisotopic (exact) mass is 377 g/mol. The van der Waals surface area contributed by atoms with Crippen LogP contribution >= 0.6 is 0 Å². The Morgan fingerprint density at radius 1 is 1.14 bits per heavy atom. The summed E-state index contributed by atoms with van der Waals surface area (Å²) in [5, 5.41) is 2.99. The fraction of sp³-hybridized carbons (Fsp3) is 0.391. The van der Waals surface area contributed by atoms with Gasteiger partial charge in [0.2, 0.25) is 0 Å². The van der Waals surface area contributed by atoms with Crippen molar-refractivity contribution in [1.29, 1.82) is 0 Å². The van der Waals surface area contributed by atoms with Crippen molar-refractivity contribution in [3.05, 3.63) is 64.7 Å². The zero-order valence-electron chi connectivity index (χ0n) is 16.6. The molecular weight excluding hydrogens is 350 g/mol. The number of anilines is 1. The van der Waals surface area contributed by atoms with Gasteiger partial charge in [-0.15, -0.1) is 0 Å². The second-order valence-electron chi connectivity index (χ2n) is 7.84. The molecule has 0 aliphatic carbocycles. The van der Waals surface area contributed by atoms with Crippen LogP contribution in [0.25, 0.3) is 0 Å². The second kappa shape index (κ2) is 7.66. The standard InChI is InChI=1S/C23H27N3O2/c1-16-7-6-8-17(13-16)15-24-22(27)18-10-11-19-20(14-18)25(2)21-9-4-3-5-12-26(21)23(19)28/h6-8,10-11,13-14,21H,3-5,9,12,15H2,1-2H3,(H,24,27)/t21-/m0/s1. The first-order valence-corrected chi connectivity index (χ1v) is 10.1.